The Hall–Kier alpha value is -1.78. The van der Waals surface area contributed by atoms with Crippen LogP contribution in [-0.2, 0) is 13.0 Å². The molecule has 3 N–H and O–H groups in total. The van der Waals surface area contributed by atoms with Gasteiger partial charge in [0.2, 0.25) is 0 Å². The Morgan fingerprint density at radius 2 is 2.47 bits per heavy atom. The van der Waals surface area contributed by atoms with E-state index in [0.29, 0.717) is 18.7 Å². The zero-order valence-electron chi connectivity index (χ0n) is 8.47. The molecule has 1 atom stereocenters. The van der Waals surface area contributed by atoms with Crippen LogP contribution >= 0.6 is 0 Å². The Morgan fingerprint density at radius 3 is 3.13 bits per heavy atom. The van der Waals surface area contributed by atoms with Gasteiger partial charge >= 0.3 is 6.09 Å². The summed E-state index contributed by atoms with van der Waals surface area (Å²) in [5, 5.41) is 8.98. The molecule has 80 valence electrons. The number of nitrogens with zero attached hydrogens (tertiary/aromatic N) is 2. The van der Waals surface area contributed by atoms with E-state index in [-0.39, 0.29) is 6.04 Å². The molecule has 1 aliphatic rings. The van der Waals surface area contributed by atoms with Crippen molar-refractivity contribution in [3.05, 3.63) is 23.5 Å². The van der Waals surface area contributed by atoms with Crippen LogP contribution in [0.1, 0.15) is 18.2 Å². The molecule has 2 rings (SSSR count). The molecular weight excluding hydrogens is 194 g/mol. The first-order chi connectivity index (χ1) is 7.08. The van der Waals surface area contributed by atoms with E-state index >= 15 is 0 Å². The van der Waals surface area contributed by atoms with Crippen LogP contribution in [0.5, 0.6) is 0 Å². The molecule has 0 spiro atoms. The van der Waals surface area contributed by atoms with Crippen molar-refractivity contribution in [2.24, 2.45) is 0 Å². The van der Waals surface area contributed by atoms with Gasteiger partial charge in [-0.15, -0.1) is 0 Å². The van der Waals surface area contributed by atoms with Crippen LogP contribution in [0, 0.1) is 0 Å². The molecule has 2 heterocycles. The van der Waals surface area contributed by atoms with Gasteiger partial charge in [-0.05, 0) is 18.6 Å². The summed E-state index contributed by atoms with van der Waals surface area (Å²) in [4.78, 5) is 16.6. The van der Waals surface area contributed by atoms with Crippen LogP contribution in [0.2, 0.25) is 0 Å². The number of carboxylic acid groups (broad SMARTS) is 1. The molecule has 0 aliphatic carbocycles. The number of pyridine rings is 1. The van der Waals surface area contributed by atoms with E-state index in [9.17, 15) is 4.79 Å². The minimum absolute atomic E-state index is 0.0221. The molecule has 0 bridgehead atoms. The zero-order valence-corrected chi connectivity index (χ0v) is 8.47. The van der Waals surface area contributed by atoms with Crippen LogP contribution in [-0.4, -0.2) is 27.1 Å². The molecule has 15 heavy (non-hydrogen) atoms. The Morgan fingerprint density at radius 1 is 1.73 bits per heavy atom. The molecule has 0 fully saturated rings. The lowest BCUT2D eigenvalue weighted by molar-refractivity contribution is 0.119. The lowest BCUT2D eigenvalue weighted by Crippen LogP contribution is -2.42. The normalized spacial score (nSPS) is 19.8. The highest BCUT2D eigenvalue weighted by Gasteiger charge is 2.27. The van der Waals surface area contributed by atoms with Gasteiger partial charge in [-0.3, -0.25) is 4.98 Å². The molecule has 1 aliphatic heterocycles. The number of rotatable bonds is 0. The standard InChI is InChI=1S/C10H13N3O2/c1-6-2-9-7(3-8(11)4-12-9)5-13(6)10(14)15/h3-4,6H,2,5,11H2,1H3,(H,14,15)/t6-/m1/s1. The maximum Gasteiger partial charge on any atom is 0.407 e. The SMILES string of the molecule is C[C@@H]1Cc2ncc(N)cc2CN1C(=O)O. The molecule has 0 aromatic carbocycles. The Balaban J connectivity index is 2.34. The maximum atomic E-state index is 10.9. The van der Waals surface area contributed by atoms with Crippen LogP contribution in [0.3, 0.4) is 0 Å². The van der Waals surface area contributed by atoms with Crippen LogP contribution < -0.4 is 5.73 Å². The van der Waals surface area contributed by atoms with E-state index in [1.165, 1.54) is 4.90 Å². The van der Waals surface area contributed by atoms with E-state index in [1.807, 2.05) is 6.92 Å². The summed E-state index contributed by atoms with van der Waals surface area (Å²) >= 11 is 0. The molecule has 5 nitrogen and oxygen atoms in total. The van der Waals surface area contributed by atoms with Crippen molar-refractivity contribution in [3.8, 4) is 0 Å². The highest BCUT2D eigenvalue weighted by molar-refractivity contribution is 5.66. The molecule has 1 aromatic heterocycles. The van der Waals surface area contributed by atoms with Gasteiger partial charge in [0, 0.05) is 18.2 Å². The number of anilines is 1. The smallest absolute Gasteiger partial charge is 0.407 e. The van der Waals surface area contributed by atoms with Crippen LogP contribution in [0.15, 0.2) is 12.3 Å². The van der Waals surface area contributed by atoms with Gasteiger partial charge in [-0.25, -0.2) is 4.79 Å². The summed E-state index contributed by atoms with van der Waals surface area (Å²) in [5.74, 6) is 0. The number of fused-ring (bicyclic) bond motifs is 1. The number of hydrogen-bond acceptors (Lipinski definition) is 3. The largest absolute Gasteiger partial charge is 0.465 e. The van der Waals surface area contributed by atoms with E-state index < -0.39 is 6.09 Å². The number of nitrogens with two attached hydrogens (primary N) is 1. The lowest BCUT2D eigenvalue weighted by Gasteiger charge is -2.31. The summed E-state index contributed by atoms with van der Waals surface area (Å²) in [6.45, 7) is 2.26. The third-order valence-corrected chi connectivity index (χ3v) is 2.69. The van der Waals surface area contributed by atoms with Gasteiger partial charge in [0.1, 0.15) is 0 Å². The average molecular weight is 207 g/mol. The summed E-state index contributed by atoms with van der Waals surface area (Å²) in [5.41, 5.74) is 8.05. The Bertz CT molecular complexity index is 406. The molecule has 0 unspecified atom stereocenters. The van der Waals surface area contributed by atoms with Gasteiger partial charge in [-0.1, -0.05) is 0 Å². The first kappa shape index (κ1) is 9.76. The van der Waals surface area contributed by atoms with Crippen LogP contribution in [0.4, 0.5) is 10.5 Å². The van der Waals surface area contributed by atoms with Gasteiger partial charge in [0.15, 0.2) is 0 Å². The van der Waals surface area contributed by atoms with Crippen molar-refractivity contribution in [2.75, 3.05) is 5.73 Å². The second-order valence-electron chi connectivity index (χ2n) is 3.84. The maximum absolute atomic E-state index is 10.9. The number of amides is 1. The second kappa shape index (κ2) is 3.42. The summed E-state index contributed by atoms with van der Waals surface area (Å²) in [7, 11) is 0. The molecule has 1 amide bonds. The van der Waals surface area contributed by atoms with E-state index in [2.05, 4.69) is 4.98 Å². The minimum Gasteiger partial charge on any atom is -0.465 e. The molecule has 0 radical (unpaired) electrons. The first-order valence-electron chi connectivity index (χ1n) is 4.80. The van der Waals surface area contributed by atoms with Gasteiger partial charge < -0.3 is 15.7 Å². The molecular formula is C10H13N3O2. The second-order valence-corrected chi connectivity index (χ2v) is 3.84. The zero-order chi connectivity index (χ0) is 11.0. The van der Waals surface area contributed by atoms with Crippen molar-refractivity contribution >= 4 is 11.8 Å². The number of hydrogen-bond donors (Lipinski definition) is 2. The van der Waals surface area contributed by atoms with Crippen molar-refractivity contribution in [1.82, 2.24) is 9.88 Å². The highest BCUT2D eigenvalue weighted by Crippen LogP contribution is 2.22. The molecule has 1 aromatic rings. The summed E-state index contributed by atoms with van der Waals surface area (Å²) < 4.78 is 0. The third-order valence-electron chi connectivity index (χ3n) is 2.69. The quantitative estimate of drug-likeness (QED) is 0.667. The molecule has 0 saturated heterocycles. The van der Waals surface area contributed by atoms with Crippen molar-refractivity contribution < 1.29 is 9.90 Å². The predicted octanol–water partition coefficient (Wildman–Crippen LogP) is 1.09. The molecule has 0 saturated carbocycles. The Kier molecular flexibility index (Phi) is 2.22. The summed E-state index contributed by atoms with van der Waals surface area (Å²) in [6, 6.07) is 1.77. The van der Waals surface area contributed by atoms with E-state index in [1.54, 1.807) is 12.3 Å². The van der Waals surface area contributed by atoms with Crippen LogP contribution in [0.25, 0.3) is 0 Å². The topological polar surface area (TPSA) is 79.5 Å². The predicted molar refractivity (Wildman–Crippen MR) is 55.4 cm³/mol. The number of nitrogen functional groups attached to an aromatic ring is 1. The van der Waals surface area contributed by atoms with E-state index in [4.69, 9.17) is 10.8 Å². The lowest BCUT2D eigenvalue weighted by atomic mass is 10.00. The third kappa shape index (κ3) is 1.72. The highest BCUT2D eigenvalue weighted by atomic mass is 16.4. The van der Waals surface area contributed by atoms with E-state index in [0.717, 1.165) is 11.3 Å². The number of aromatic nitrogens is 1. The fourth-order valence-corrected chi connectivity index (χ4v) is 1.86. The Labute approximate surface area is 87.5 Å². The van der Waals surface area contributed by atoms with Crippen molar-refractivity contribution in [1.29, 1.82) is 0 Å². The van der Waals surface area contributed by atoms with Gasteiger partial charge in [-0.2, -0.15) is 0 Å². The summed E-state index contributed by atoms with van der Waals surface area (Å²) in [6.07, 6.45) is 1.37. The van der Waals surface area contributed by atoms with Crippen molar-refractivity contribution in [3.63, 3.8) is 0 Å². The monoisotopic (exact) mass is 207 g/mol. The average Bonchev–Trinajstić information content (AvgIpc) is 2.17. The van der Waals surface area contributed by atoms with Crippen molar-refractivity contribution in [2.45, 2.75) is 25.9 Å². The first-order valence-corrected chi connectivity index (χ1v) is 4.80. The van der Waals surface area contributed by atoms with Gasteiger partial charge in [0.25, 0.3) is 0 Å². The number of carbonyl (C=O) groups is 1. The van der Waals surface area contributed by atoms with Gasteiger partial charge in [0.05, 0.1) is 18.4 Å². The molecule has 5 heteroatoms. The minimum atomic E-state index is -0.893. The fourth-order valence-electron chi connectivity index (χ4n) is 1.86. The fraction of sp³-hybridized carbons (Fsp3) is 0.400.